The predicted molar refractivity (Wildman–Crippen MR) is 78.6 cm³/mol. The lowest BCUT2D eigenvalue weighted by atomic mass is 10.1. The maximum atomic E-state index is 14.4. The number of nitro groups is 1. The number of rotatable bonds is 6. The van der Waals surface area contributed by atoms with Crippen LogP contribution in [-0.4, -0.2) is 36.8 Å². The van der Waals surface area contributed by atoms with Gasteiger partial charge in [0.1, 0.15) is 5.60 Å². The number of carbonyl (C=O) groups is 1. The van der Waals surface area contributed by atoms with Gasteiger partial charge in [0, 0.05) is 19.7 Å². The minimum Gasteiger partial charge on any atom is -0.456 e. The van der Waals surface area contributed by atoms with Crippen molar-refractivity contribution in [1.29, 1.82) is 0 Å². The molecule has 7 nitrogen and oxygen atoms in total. The lowest BCUT2D eigenvalue weighted by molar-refractivity contribution is -0.384. The molecule has 0 radical (unpaired) electrons. The third-order valence-corrected chi connectivity index (χ3v) is 2.54. The number of esters is 1. The predicted octanol–water partition coefficient (Wildman–Crippen LogP) is 2.75. The Morgan fingerprint density at radius 1 is 1.41 bits per heavy atom. The zero-order chi connectivity index (χ0) is 16.9. The van der Waals surface area contributed by atoms with Crippen molar-refractivity contribution in [2.24, 2.45) is 0 Å². The highest BCUT2D eigenvalue weighted by molar-refractivity contribution is 5.92. The number of hydrogen-bond donors (Lipinski definition) is 1. The Bertz CT molecular complexity index is 569. The molecule has 8 heteroatoms. The van der Waals surface area contributed by atoms with Crippen molar-refractivity contribution in [2.45, 2.75) is 26.4 Å². The number of hydrogen-bond acceptors (Lipinski definition) is 6. The maximum absolute atomic E-state index is 14.4. The summed E-state index contributed by atoms with van der Waals surface area (Å²) in [4.78, 5) is 22.2. The summed E-state index contributed by atoms with van der Waals surface area (Å²) in [6.07, 6.45) is 0. The van der Waals surface area contributed by atoms with Crippen LogP contribution < -0.4 is 5.32 Å². The van der Waals surface area contributed by atoms with Gasteiger partial charge in [-0.25, -0.2) is 9.18 Å². The molecule has 0 aliphatic heterocycles. The van der Waals surface area contributed by atoms with E-state index in [1.807, 2.05) is 0 Å². The highest BCUT2D eigenvalue weighted by Crippen LogP contribution is 2.30. The summed E-state index contributed by atoms with van der Waals surface area (Å²) in [6.45, 7) is 5.32. The lowest BCUT2D eigenvalue weighted by Crippen LogP contribution is -2.25. The number of benzene rings is 1. The van der Waals surface area contributed by atoms with Crippen molar-refractivity contribution < 1.29 is 23.6 Å². The third kappa shape index (κ3) is 4.66. The maximum Gasteiger partial charge on any atom is 0.341 e. The van der Waals surface area contributed by atoms with Crippen LogP contribution in [0.5, 0.6) is 0 Å². The molecule has 1 aromatic carbocycles. The van der Waals surface area contributed by atoms with E-state index in [9.17, 15) is 19.3 Å². The number of halogens is 1. The van der Waals surface area contributed by atoms with E-state index in [1.54, 1.807) is 20.8 Å². The van der Waals surface area contributed by atoms with E-state index >= 15 is 0 Å². The Morgan fingerprint density at radius 2 is 2.05 bits per heavy atom. The standard InChI is InChI=1S/C14H19FN2O5/c1-14(2,3)22-13(18)9-5-6-10(17(19)20)12(11(9)15)16-7-8-21-4/h5-6,16H,7-8H2,1-4H3. The molecule has 0 spiro atoms. The molecule has 0 saturated heterocycles. The second-order valence-electron chi connectivity index (χ2n) is 5.50. The topological polar surface area (TPSA) is 90.7 Å². The first kappa shape index (κ1) is 17.8. The van der Waals surface area contributed by atoms with E-state index in [4.69, 9.17) is 9.47 Å². The molecule has 0 fully saturated rings. The van der Waals surface area contributed by atoms with Gasteiger partial charge < -0.3 is 14.8 Å². The molecular weight excluding hydrogens is 295 g/mol. The fraction of sp³-hybridized carbons (Fsp3) is 0.500. The van der Waals surface area contributed by atoms with Crippen molar-refractivity contribution in [3.63, 3.8) is 0 Å². The van der Waals surface area contributed by atoms with Crippen molar-refractivity contribution >= 4 is 17.3 Å². The van der Waals surface area contributed by atoms with Gasteiger partial charge in [-0.15, -0.1) is 0 Å². The first-order valence-corrected chi connectivity index (χ1v) is 6.60. The minimum atomic E-state index is -1.01. The van der Waals surface area contributed by atoms with Crippen LogP contribution in [0.25, 0.3) is 0 Å². The molecule has 22 heavy (non-hydrogen) atoms. The Balaban J connectivity index is 3.18. The molecular formula is C14H19FN2O5. The fourth-order valence-corrected chi connectivity index (χ4v) is 1.65. The molecule has 1 N–H and O–H groups in total. The van der Waals surface area contributed by atoms with Gasteiger partial charge in [-0.05, 0) is 26.8 Å². The Morgan fingerprint density at radius 3 is 2.55 bits per heavy atom. The number of nitro benzene ring substituents is 1. The van der Waals surface area contributed by atoms with Crippen LogP contribution in [0.3, 0.4) is 0 Å². The third-order valence-electron chi connectivity index (χ3n) is 2.54. The van der Waals surface area contributed by atoms with Gasteiger partial charge in [0.25, 0.3) is 5.69 Å². The van der Waals surface area contributed by atoms with Crippen LogP contribution in [0.1, 0.15) is 31.1 Å². The zero-order valence-corrected chi connectivity index (χ0v) is 12.9. The normalized spacial score (nSPS) is 11.1. The molecule has 122 valence electrons. The Labute approximate surface area is 127 Å². The summed E-state index contributed by atoms with van der Waals surface area (Å²) >= 11 is 0. The highest BCUT2D eigenvalue weighted by atomic mass is 19.1. The van der Waals surface area contributed by atoms with Crippen LogP contribution in [0.4, 0.5) is 15.8 Å². The molecule has 0 saturated carbocycles. The summed E-state index contributed by atoms with van der Waals surface area (Å²) in [5.74, 6) is -1.89. The van der Waals surface area contributed by atoms with E-state index in [-0.39, 0.29) is 24.4 Å². The second kappa shape index (κ2) is 7.17. The van der Waals surface area contributed by atoms with Gasteiger partial charge in [0.15, 0.2) is 11.5 Å². The summed E-state index contributed by atoms with van der Waals surface area (Å²) in [6, 6.07) is 2.11. The summed E-state index contributed by atoms with van der Waals surface area (Å²) in [5.41, 5.74) is -1.97. The van der Waals surface area contributed by atoms with Crippen molar-refractivity contribution in [3.05, 3.63) is 33.6 Å². The number of anilines is 1. The van der Waals surface area contributed by atoms with Gasteiger partial charge in [-0.3, -0.25) is 10.1 Å². The molecule has 0 unspecified atom stereocenters. The molecule has 0 atom stereocenters. The monoisotopic (exact) mass is 314 g/mol. The number of carbonyl (C=O) groups excluding carboxylic acids is 1. The van der Waals surface area contributed by atoms with E-state index < -0.39 is 28.0 Å². The lowest BCUT2D eigenvalue weighted by Gasteiger charge is -2.20. The van der Waals surface area contributed by atoms with Crippen LogP contribution in [0, 0.1) is 15.9 Å². The van der Waals surface area contributed by atoms with Crippen LogP contribution >= 0.6 is 0 Å². The zero-order valence-electron chi connectivity index (χ0n) is 12.9. The molecule has 0 bridgehead atoms. The molecule has 1 aromatic rings. The van der Waals surface area contributed by atoms with E-state index in [0.717, 1.165) is 12.1 Å². The SMILES string of the molecule is COCCNc1c([N+](=O)[O-])ccc(C(=O)OC(C)(C)C)c1F. The summed E-state index contributed by atoms with van der Waals surface area (Å²) < 4.78 is 24.3. The van der Waals surface area contributed by atoms with E-state index in [2.05, 4.69) is 5.32 Å². The number of nitrogens with zero attached hydrogens (tertiary/aromatic N) is 1. The summed E-state index contributed by atoms with van der Waals surface area (Å²) in [5, 5.41) is 13.5. The number of ether oxygens (including phenoxy) is 2. The van der Waals surface area contributed by atoms with Crippen LogP contribution in [0.2, 0.25) is 0 Å². The minimum absolute atomic E-state index is 0.159. The van der Waals surface area contributed by atoms with Gasteiger partial charge in [-0.2, -0.15) is 0 Å². The molecule has 0 aliphatic rings. The molecule has 0 heterocycles. The number of nitrogens with one attached hydrogen (secondary N) is 1. The molecule has 0 amide bonds. The second-order valence-corrected chi connectivity index (χ2v) is 5.50. The van der Waals surface area contributed by atoms with Crippen molar-refractivity contribution in [2.75, 3.05) is 25.6 Å². The quantitative estimate of drug-likeness (QED) is 0.376. The van der Waals surface area contributed by atoms with E-state index in [1.165, 1.54) is 7.11 Å². The molecule has 0 aliphatic carbocycles. The van der Waals surface area contributed by atoms with Crippen molar-refractivity contribution in [3.8, 4) is 0 Å². The number of methoxy groups -OCH3 is 1. The van der Waals surface area contributed by atoms with Gasteiger partial charge in [0.05, 0.1) is 17.1 Å². The van der Waals surface area contributed by atoms with E-state index in [0.29, 0.717) is 0 Å². The van der Waals surface area contributed by atoms with Crippen LogP contribution in [0.15, 0.2) is 12.1 Å². The fourth-order valence-electron chi connectivity index (χ4n) is 1.65. The average molecular weight is 314 g/mol. The Hall–Kier alpha value is -2.22. The first-order chi connectivity index (χ1) is 10.2. The smallest absolute Gasteiger partial charge is 0.341 e. The van der Waals surface area contributed by atoms with Gasteiger partial charge in [-0.1, -0.05) is 0 Å². The first-order valence-electron chi connectivity index (χ1n) is 6.60. The van der Waals surface area contributed by atoms with Crippen molar-refractivity contribution in [1.82, 2.24) is 0 Å². The van der Waals surface area contributed by atoms with Crippen LogP contribution in [-0.2, 0) is 9.47 Å². The van der Waals surface area contributed by atoms with Gasteiger partial charge >= 0.3 is 5.97 Å². The summed E-state index contributed by atoms with van der Waals surface area (Å²) in [7, 11) is 1.45. The largest absolute Gasteiger partial charge is 0.456 e. The molecule has 0 aromatic heterocycles. The highest BCUT2D eigenvalue weighted by Gasteiger charge is 2.27. The Kier molecular flexibility index (Phi) is 5.81. The van der Waals surface area contributed by atoms with Gasteiger partial charge in [0.2, 0.25) is 0 Å². The molecule has 1 rings (SSSR count). The average Bonchev–Trinajstić information content (AvgIpc) is 2.38.